The van der Waals surface area contributed by atoms with Crippen molar-refractivity contribution in [2.45, 2.75) is 0 Å². The van der Waals surface area contributed by atoms with Crippen LogP contribution in [-0.4, -0.2) is 9.55 Å². The first-order valence-corrected chi connectivity index (χ1v) is 20.7. The van der Waals surface area contributed by atoms with Gasteiger partial charge >= 0.3 is 0 Å². The number of anilines is 3. The zero-order valence-electron chi connectivity index (χ0n) is 33.1. The zero-order chi connectivity index (χ0) is 40.3. The third kappa shape index (κ3) is 5.88. The number of fused-ring (bicyclic) bond motifs is 7. The molecule has 0 radical (unpaired) electrons. The molecule has 3 aromatic heterocycles. The SMILES string of the molecule is c1ccc(-c2ccc3ccc(N(c4ccc(-c5ccccc5-n5c6ccccc6c6ccccc65)cc4)c4ccc(-c5cccc6oc7ncccc7c56)cc4)cc3c2)cc1. The molecule has 12 aromatic rings. The highest BCUT2D eigenvalue weighted by molar-refractivity contribution is 6.12. The first-order valence-electron chi connectivity index (χ1n) is 20.7. The fraction of sp³-hybridized carbons (Fsp3) is 0. The molecule has 12 rings (SSSR count). The molecule has 0 saturated carbocycles. The van der Waals surface area contributed by atoms with Crippen molar-refractivity contribution in [3.05, 3.63) is 225 Å². The monoisotopic (exact) mass is 779 g/mol. The minimum absolute atomic E-state index is 0.653. The van der Waals surface area contributed by atoms with Gasteiger partial charge in [-0.3, -0.25) is 0 Å². The molecule has 3 heterocycles. The summed E-state index contributed by atoms with van der Waals surface area (Å²) in [6, 6.07) is 78.5. The second kappa shape index (κ2) is 14.3. The minimum Gasteiger partial charge on any atom is -0.438 e. The van der Waals surface area contributed by atoms with Crippen LogP contribution < -0.4 is 4.90 Å². The third-order valence-corrected chi connectivity index (χ3v) is 12.1. The van der Waals surface area contributed by atoms with Gasteiger partial charge in [0.05, 0.1) is 16.7 Å². The Kier molecular flexibility index (Phi) is 8.13. The molecule has 9 aromatic carbocycles. The van der Waals surface area contributed by atoms with E-state index in [9.17, 15) is 0 Å². The average molecular weight is 780 g/mol. The van der Waals surface area contributed by atoms with Crippen molar-refractivity contribution in [3.63, 3.8) is 0 Å². The van der Waals surface area contributed by atoms with Gasteiger partial charge < -0.3 is 13.9 Å². The molecule has 0 aliphatic carbocycles. The van der Waals surface area contributed by atoms with Gasteiger partial charge in [0.2, 0.25) is 5.71 Å². The van der Waals surface area contributed by atoms with Crippen molar-refractivity contribution in [2.24, 2.45) is 0 Å². The molecule has 0 bridgehead atoms. The molecule has 0 saturated heterocycles. The van der Waals surface area contributed by atoms with Gasteiger partial charge in [0.1, 0.15) is 5.58 Å². The van der Waals surface area contributed by atoms with E-state index in [2.05, 4.69) is 221 Å². The number of pyridine rings is 1. The van der Waals surface area contributed by atoms with Crippen LogP contribution in [0.15, 0.2) is 229 Å². The van der Waals surface area contributed by atoms with E-state index in [0.717, 1.165) is 55.8 Å². The fourth-order valence-corrected chi connectivity index (χ4v) is 9.21. The first-order chi connectivity index (χ1) is 30.2. The van der Waals surface area contributed by atoms with Crippen LogP contribution in [0.1, 0.15) is 0 Å². The van der Waals surface area contributed by atoms with E-state index in [1.54, 1.807) is 6.20 Å². The van der Waals surface area contributed by atoms with Crippen molar-refractivity contribution in [3.8, 4) is 39.1 Å². The summed E-state index contributed by atoms with van der Waals surface area (Å²) in [6.07, 6.45) is 1.78. The van der Waals surface area contributed by atoms with Crippen LogP contribution in [0.3, 0.4) is 0 Å². The van der Waals surface area contributed by atoms with Crippen LogP contribution in [0.4, 0.5) is 17.1 Å². The molecule has 4 heteroatoms. The predicted molar refractivity (Wildman–Crippen MR) is 254 cm³/mol. The van der Waals surface area contributed by atoms with Crippen molar-refractivity contribution in [2.75, 3.05) is 4.90 Å². The van der Waals surface area contributed by atoms with E-state index in [1.807, 2.05) is 12.1 Å². The Balaban J connectivity index is 0.983. The van der Waals surface area contributed by atoms with E-state index in [4.69, 9.17) is 4.42 Å². The predicted octanol–water partition coefficient (Wildman–Crippen LogP) is 15.7. The largest absolute Gasteiger partial charge is 0.438 e. The van der Waals surface area contributed by atoms with Gasteiger partial charge in [-0.2, -0.15) is 0 Å². The molecule has 4 nitrogen and oxygen atoms in total. The molecular weight excluding hydrogens is 743 g/mol. The van der Waals surface area contributed by atoms with Gasteiger partial charge in [-0.1, -0.05) is 140 Å². The molecule has 0 fully saturated rings. The summed E-state index contributed by atoms with van der Waals surface area (Å²) in [4.78, 5) is 6.85. The van der Waals surface area contributed by atoms with Crippen LogP contribution in [-0.2, 0) is 0 Å². The van der Waals surface area contributed by atoms with Gasteiger partial charge in [-0.25, -0.2) is 4.98 Å². The van der Waals surface area contributed by atoms with E-state index < -0.39 is 0 Å². The molecular formula is C57H37N3O. The molecule has 61 heavy (non-hydrogen) atoms. The van der Waals surface area contributed by atoms with E-state index in [0.29, 0.717) is 5.71 Å². The quantitative estimate of drug-likeness (QED) is 0.162. The molecule has 0 N–H and O–H groups in total. The lowest BCUT2D eigenvalue weighted by Crippen LogP contribution is -2.10. The molecule has 0 amide bonds. The topological polar surface area (TPSA) is 34.2 Å². The molecule has 0 aliphatic rings. The van der Waals surface area contributed by atoms with Crippen LogP contribution >= 0.6 is 0 Å². The Hall–Kier alpha value is -8.21. The van der Waals surface area contributed by atoms with Gasteiger partial charge in [0.15, 0.2) is 0 Å². The van der Waals surface area contributed by atoms with Gasteiger partial charge in [-0.05, 0) is 117 Å². The maximum Gasteiger partial charge on any atom is 0.227 e. The lowest BCUT2D eigenvalue weighted by molar-refractivity contribution is 0.654. The number of aromatic nitrogens is 2. The number of rotatable bonds is 7. The highest BCUT2D eigenvalue weighted by Crippen LogP contribution is 2.42. The molecule has 286 valence electrons. The minimum atomic E-state index is 0.653. The van der Waals surface area contributed by atoms with Gasteiger partial charge in [0, 0.05) is 50.4 Å². The van der Waals surface area contributed by atoms with Crippen LogP contribution in [0.5, 0.6) is 0 Å². The van der Waals surface area contributed by atoms with Gasteiger partial charge in [-0.15, -0.1) is 0 Å². The first kappa shape index (κ1) is 34.8. The molecule has 0 aliphatic heterocycles. The highest BCUT2D eigenvalue weighted by atomic mass is 16.3. The normalized spacial score (nSPS) is 11.6. The number of hydrogen-bond donors (Lipinski definition) is 0. The van der Waals surface area contributed by atoms with E-state index in [1.165, 1.54) is 49.3 Å². The Labute approximate surface area is 352 Å². The lowest BCUT2D eigenvalue weighted by Gasteiger charge is -2.26. The Morgan fingerprint density at radius 2 is 0.984 bits per heavy atom. The molecule has 0 spiro atoms. The molecule has 0 unspecified atom stereocenters. The van der Waals surface area contributed by atoms with Crippen LogP contribution in [0.25, 0.3) is 93.7 Å². The summed E-state index contributed by atoms with van der Waals surface area (Å²) < 4.78 is 8.56. The van der Waals surface area contributed by atoms with Crippen LogP contribution in [0, 0.1) is 0 Å². The second-order valence-electron chi connectivity index (χ2n) is 15.6. The van der Waals surface area contributed by atoms with Crippen molar-refractivity contribution < 1.29 is 4.42 Å². The Bertz CT molecular complexity index is 3530. The maximum atomic E-state index is 6.15. The fourth-order valence-electron chi connectivity index (χ4n) is 9.21. The lowest BCUT2D eigenvalue weighted by atomic mass is 9.99. The van der Waals surface area contributed by atoms with Gasteiger partial charge in [0.25, 0.3) is 0 Å². The smallest absolute Gasteiger partial charge is 0.227 e. The van der Waals surface area contributed by atoms with E-state index in [-0.39, 0.29) is 0 Å². The Morgan fingerprint density at radius 1 is 0.393 bits per heavy atom. The zero-order valence-corrected chi connectivity index (χ0v) is 33.1. The number of para-hydroxylation sites is 3. The molecule has 0 atom stereocenters. The van der Waals surface area contributed by atoms with Crippen molar-refractivity contribution in [1.29, 1.82) is 0 Å². The number of benzene rings is 9. The third-order valence-electron chi connectivity index (χ3n) is 12.1. The summed E-state index contributed by atoms with van der Waals surface area (Å²) in [7, 11) is 0. The second-order valence-corrected chi connectivity index (χ2v) is 15.6. The standard InChI is InChI=1S/C57H37N3O/c1-2-12-38(13-3-1)42-24-23-39-25-34-46(37-43(39)36-42)59(45-32-28-41(29-33-45)48-17-10-22-55-56(48)51-18-11-35-58-57(51)61-55)44-30-26-40(27-31-44)47-14-4-7-19-52(47)60-53-20-8-5-15-49(53)50-16-6-9-21-54(50)60/h1-37H. The number of hydrogen-bond acceptors (Lipinski definition) is 3. The average Bonchev–Trinajstić information content (AvgIpc) is 3.88. The van der Waals surface area contributed by atoms with E-state index >= 15 is 0 Å². The summed E-state index contributed by atoms with van der Waals surface area (Å²) in [6.45, 7) is 0. The Morgan fingerprint density at radius 3 is 1.74 bits per heavy atom. The summed E-state index contributed by atoms with van der Waals surface area (Å²) in [5.74, 6) is 0. The van der Waals surface area contributed by atoms with Crippen LogP contribution in [0.2, 0.25) is 0 Å². The van der Waals surface area contributed by atoms with Crippen molar-refractivity contribution in [1.82, 2.24) is 9.55 Å². The maximum absolute atomic E-state index is 6.15. The van der Waals surface area contributed by atoms with Crippen molar-refractivity contribution >= 4 is 71.7 Å². The number of nitrogens with zero attached hydrogens (tertiary/aromatic N) is 3. The highest BCUT2D eigenvalue weighted by Gasteiger charge is 2.19. The number of furan rings is 1. The summed E-state index contributed by atoms with van der Waals surface area (Å²) in [5, 5.41) is 6.99. The summed E-state index contributed by atoms with van der Waals surface area (Å²) in [5.41, 5.74) is 15.2. The summed E-state index contributed by atoms with van der Waals surface area (Å²) >= 11 is 0.